The fourth-order valence-electron chi connectivity index (χ4n) is 5.12. The van der Waals surface area contributed by atoms with Crippen LogP contribution in [0.25, 0.3) is 33.2 Å². The Labute approximate surface area is 173 Å². The first-order chi connectivity index (χ1) is 14.8. The molecular formula is C23H25N5O2. The van der Waals surface area contributed by atoms with E-state index in [0.717, 1.165) is 54.6 Å². The second-order valence-corrected chi connectivity index (χ2v) is 8.58. The third kappa shape index (κ3) is 2.83. The highest BCUT2D eigenvalue weighted by atomic mass is 16.5. The quantitative estimate of drug-likeness (QED) is 0.517. The maximum absolute atomic E-state index is 13.5. The molecule has 0 bridgehead atoms. The van der Waals surface area contributed by atoms with E-state index in [4.69, 9.17) is 19.7 Å². The van der Waals surface area contributed by atoms with Gasteiger partial charge in [-0.25, -0.2) is 15.0 Å². The lowest BCUT2D eigenvalue weighted by Crippen LogP contribution is -2.27. The molecule has 0 spiro atoms. The van der Waals surface area contributed by atoms with Crippen molar-refractivity contribution < 1.29 is 4.74 Å². The molecule has 2 aliphatic rings. The molecule has 0 amide bonds. The first-order valence-corrected chi connectivity index (χ1v) is 11.1. The Bertz CT molecular complexity index is 1300. The van der Waals surface area contributed by atoms with Crippen LogP contribution in [-0.2, 0) is 11.3 Å². The molecule has 154 valence electrons. The second-order valence-electron chi connectivity index (χ2n) is 8.58. The number of para-hydroxylation sites is 2. The van der Waals surface area contributed by atoms with E-state index in [1.54, 1.807) is 10.9 Å². The van der Waals surface area contributed by atoms with Crippen LogP contribution in [0.3, 0.4) is 0 Å². The van der Waals surface area contributed by atoms with Crippen LogP contribution in [0.4, 0.5) is 0 Å². The molecule has 0 radical (unpaired) electrons. The summed E-state index contributed by atoms with van der Waals surface area (Å²) >= 11 is 0. The standard InChI is InChI=1S/C23H25N5O2/c29-23-19-20-22(26-18-11-5-4-10-17(18)25-20)28(15-7-2-1-3-8-15)21(19)24-14-27(23)13-16-9-6-12-30-16/h4-5,10-11,14-16H,1-3,6-9,12-13H2/t16-/m1/s1. The molecule has 0 unspecified atom stereocenters. The van der Waals surface area contributed by atoms with E-state index < -0.39 is 0 Å². The van der Waals surface area contributed by atoms with Crippen LogP contribution >= 0.6 is 0 Å². The van der Waals surface area contributed by atoms with Crippen molar-refractivity contribution in [3.63, 3.8) is 0 Å². The lowest BCUT2D eigenvalue weighted by atomic mass is 9.95. The van der Waals surface area contributed by atoms with Crippen LogP contribution in [0.5, 0.6) is 0 Å². The average molecular weight is 403 g/mol. The smallest absolute Gasteiger partial charge is 0.265 e. The van der Waals surface area contributed by atoms with Crippen molar-refractivity contribution in [2.45, 2.75) is 63.6 Å². The van der Waals surface area contributed by atoms with Gasteiger partial charge in [-0.2, -0.15) is 0 Å². The van der Waals surface area contributed by atoms with Crippen LogP contribution < -0.4 is 5.56 Å². The van der Waals surface area contributed by atoms with Crippen molar-refractivity contribution in [3.8, 4) is 0 Å². The summed E-state index contributed by atoms with van der Waals surface area (Å²) < 4.78 is 9.64. The molecule has 6 rings (SSSR count). The first kappa shape index (κ1) is 18.0. The molecule has 1 saturated carbocycles. The maximum atomic E-state index is 13.5. The van der Waals surface area contributed by atoms with Gasteiger partial charge < -0.3 is 9.30 Å². The minimum atomic E-state index is -0.0420. The number of fused-ring (bicyclic) bond motifs is 4. The van der Waals surface area contributed by atoms with E-state index >= 15 is 0 Å². The van der Waals surface area contributed by atoms with Crippen LogP contribution in [0.2, 0.25) is 0 Å². The van der Waals surface area contributed by atoms with Gasteiger partial charge in [-0.05, 0) is 37.8 Å². The number of hydrogen-bond donors (Lipinski definition) is 0. The first-order valence-electron chi connectivity index (χ1n) is 11.1. The number of ether oxygens (including phenoxy) is 1. The molecule has 30 heavy (non-hydrogen) atoms. The van der Waals surface area contributed by atoms with Gasteiger partial charge in [-0.3, -0.25) is 9.36 Å². The predicted molar refractivity (Wildman–Crippen MR) is 116 cm³/mol. The molecule has 7 nitrogen and oxygen atoms in total. The van der Waals surface area contributed by atoms with Gasteiger partial charge >= 0.3 is 0 Å². The maximum Gasteiger partial charge on any atom is 0.265 e. The van der Waals surface area contributed by atoms with Gasteiger partial charge in [0.15, 0.2) is 11.3 Å². The van der Waals surface area contributed by atoms with E-state index in [1.807, 2.05) is 24.3 Å². The molecule has 2 fully saturated rings. The van der Waals surface area contributed by atoms with Crippen molar-refractivity contribution in [1.29, 1.82) is 0 Å². The highest BCUT2D eigenvalue weighted by Gasteiger charge is 2.26. The van der Waals surface area contributed by atoms with E-state index in [9.17, 15) is 4.79 Å². The Hall–Kier alpha value is -2.80. The molecule has 4 heterocycles. The van der Waals surface area contributed by atoms with E-state index in [-0.39, 0.29) is 11.7 Å². The van der Waals surface area contributed by atoms with Gasteiger partial charge in [0.2, 0.25) is 0 Å². The van der Waals surface area contributed by atoms with Gasteiger partial charge in [0.1, 0.15) is 10.9 Å². The van der Waals surface area contributed by atoms with Gasteiger partial charge in [-0.1, -0.05) is 31.4 Å². The average Bonchev–Trinajstić information content (AvgIpc) is 3.40. The zero-order valence-corrected chi connectivity index (χ0v) is 17.0. The summed E-state index contributed by atoms with van der Waals surface area (Å²) in [6, 6.07) is 8.18. The summed E-state index contributed by atoms with van der Waals surface area (Å²) in [7, 11) is 0. The molecule has 0 N–H and O–H groups in total. The van der Waals surface area contributed by atoms with Crippen LogP contribution in [-0.4, -0.2) is 36.8 Å². The monoisotopic (exact) mass is 403 g/mol. The van der Waals surface area contributed by atoms with Crippen molar-refractivity contribution in [2.75, 3.05) is 6.61 Å². The summed E-state index contributed by atoms with van der Waals surface area (Å²) in [6.07, 6.45) is 9.65. The van der Waals surface area contributed by atoms with Gasteiger partial charge in [0, 0.05) is 12.6 Å². The Morgan fingerprint density at radius 1 is 0.967 bits per heavy atom. The zero-order chi connectivity index (χ0) is 20.1. The van der Waals surface area contributed by atoms with Crippen molar-refractivity contribution in [3.05, 3.63) is 40.9 Å². The Kier molecular flexibility index (Phi) is 4.30. The fraction of sp³-hybridized carbons (Fsp3) is 0.478. The van der Waals surface area contributed by atoms with E-state index in [1.165, 1.54) is 19.3 Å². The summed E-state index contributed by atoms with van der Waals surface area (Å²) in [4.78, 5) is 28.2. The van der Waals surface area contributed by atoms with Crippen molar-refractivity contribution in [1.82, 2.24) is 24.1 Å². The summed E-state index contributed by atoms with van der Waals surface area (Å²) in [5.41, 5.74) is 3.80. The molecule has 4 aromatic rings. The molecule has 1 aliphatic carbocycles. The fourth-order valence-corrected chi connectivity index (χ4v) is 5.12. The second kappa shape index (κ2) is 7.16. The molecule has 1 saturated heterocycles. The molecule has 1 aromatic carbocycles. The van der Waals surface area contributed by atoms with Crippen molar-refractivity contribution >= 4 is 33.2 Å². The van der Waals surface area contributed by atoms with Gasteiger partial charge in [-0.15, -0.1) is 0 Å². The lowest BCUT2D eigenvalue weighted by Gasteiger charge is -2.24. The minimum absolute atomic E-state index is 0.0420. The Morgan fingerprint density at radius 3 is 2.53 bits per heavy atom. The number of benzene rings is 1. The third-order valence-corrected chi connectivity index (χ3v) is 6.63. The SMILES string of the molecule is O=c1c2c3nc4ccccc4nc3n(C3CCCCC3)c2ncn1C[C@H]1CCCO1. The minimum Gasteiger partial charge on any atom is -0.376 e. The lowest BCUT2D eigenvalue weighted by molar-refractivity contribution is 0.0960. The van der Waals surface area contributed by atoms with Crippen LogP contribution in [0, 0.1) is 0 Å². The number of aromatic nitrogens is 5. The van der Waals surface area contributed by atoms with Gasteiger partial charge in [0.05, 0.1) is 30.0 Å². The Morgan fingerprint density at radius 2 is 1.77 bits per heavy atom. The number of hydrogen-bond acceptors (Lipinski definition) is 5. The molecular weight excluding hydrogens is 378 g/mol. The number of nitrogens with zero attached hydrogens (tertiary/aromatic N) is 5. The van der Waals surface area contributed by atoms with E-state index in [0.29, 0.717) is 23.5 Å². The molecule has 7 heteroatoms. The third-order valence-electron chi connectivity index (χ3n) is 6.63. The largest absolute Gasteiger partial charge is 0.376 e. The van der Waals surface area contributed by atoms with E-state index in [2.05, 4.69) is 4.57 Å². The zero-order valence-electron chi connectivity index (χ0n) is 17.0. The Balaban J connectivity index is 1.62. The van der Waals surface area contributed by atoms with Crippen LogP contribution in [0.15, 0.2) is 35.4 Å². The molecule has 1 atom stereocenters. The molecule has 1 aliphatic heterocycles. The highest BCUT2D eigenvalue weighted by Crippen LogP contribution is 2.35. The molecule has 3 aromatic heterocycles. The summed E-state index contributed by atoms with van der Waals surface area (Å²) in [6.45, 7) is 1.31. The van der Waals surface area contributed by atoms with Gasteiger partial charge in [0.25, 0.3) is 5.56 Å². The summed E-state index contributed by atoms with van der Waals surface area (Å²) in [5, 5.41) is 0.592. The number of rotatable bonds is 3. The van der Waals surface area contributed by atoms with Crippen LogP contribution in [0.1, 0.15) is 51.0 Å². The topological polar surface area (TPSA) is 74.8 Å². The predicted octanol–water partition coefficient (Wildman–Crippen LogP) is 3.98. The summed E-state index contributed by atoms with van der Waals surface area (Å²) in [5.74, 6) is 0. The normalized spacial score (nSPS) is 20.6. The highest BCUT2D eigenvalue weighted by molar-refractivity contribution is 6.04. The van der Waals surface area contributed by atoms with Crippen molar-refractivity contribution in [2.24, 2.45) is 0 Å².